The van der Waals surface area contributed by atoms with Crippen LogP contribution in [0.4, 0.5) is 5.95 Å². The summed E-state index contributed by atoms with van der Waals surface area (Å²) in [7, 11) is 0. The molecule has 16 heavy (non-hydrogen) atoms. The fourth-order valence-electron chi connectivity index (χ4n) is 1.98. The Labute approximate surface area is 91.6 Å². The van der Waals surface area contributed by atoms with Crippen LogP contribution >= 0.6 is 0 Å². The molecule has 7 nitrogen and oxygen atoms in total. The van der Waals surface area contributed by atoms with Crippen LogP contribution in [0, 0.1) is 16.0 Å². The van der Waals surface area contributed by atoms with Crippen molar-refractivity contribution in [3.8, 4) is 0 Å². The fourth-order valence-corrected chi connectivity index (χ4v) is 1.98. The van der Waals surface area contributed by atoms with Crippen LogP contribution in [0.25, 0.3) is 0 Å². The minimum atomic E-state index is -0.670. The van der Waals surface area contributed by atoms with E-state index >= 15 is 0 Å². The molecule has 1 heterocycles. The Kier molecular flexibility index (Phi) is 2.93. The first-order chi connectivity index (χ1) is 7.66. The molecule has 0 spiro atoms. The van der Waals surface area contributed by atoms with Crippen molar-refractivity contribution < 1.29 is 9.72 Å². The summed E-state index contributed by atoms with van der Waals surface area (Å²) in [5, 5.41) is 13.9. The summed E-state index contributed by atoms with van der Waals surface area (Å²) in [4.78, 5) is 24.9. The Morgan fingerprint density at radius 1 is 1.56 bits per heavy atom. The zero-order chi connectivity index (χ0) is 11.5. The molecule has 86 valence electrons. The number of ketones is 1. The minimum absolute atomic E-state index is 0.0888. The van der Waals surface area contributed by atoms with Crippen LogP contribution in [-0.4, -0.2) is 25.5 Å². The van der Waals surface area contributed by atoms with E-state index in [0.717, 1.165) is 25.7 Å². The van der Waals surface area contributed by atoms with Gasteiger partial charge in [0.25, 0.3) is 0 Å². The molecule has 1 fully saturated rings. The van der Waals surface area contributed by atoms with E-state index in [1.807, 2.05) is 0 Å². The number of Topliss-reactive ketones (excluding diaryl/α,β-unsaturated/α-hetero) is 1. The predicted octanol–water partition coefficient (Wildman–Crippen LogP) is 0.946. The SMILES string of the molecule is O=C(Cn1cnc([N+](=O)[O-])n1)C1CCCC1. The van der Waals surface area contributed by atoms with E-state index in [2.05, 4.69) is 10.1 Å². The number of carbonyl (C=O) groups is 1. The van der Waals surface area contributed by atoms with Crippen molar-refractivity contribution in [3.05, 3.63) is 16.4 Å². The van der Waals surface area contributed by atoms with Crippen molar-refractivity contribution in [1.82, 2.24) is 14.8 Å². The van der Waals surface area contributed by atoms with Gasteiger partial charge in [-0.1, -0.05) is 17.8 Å². The number of carbonyl (C=O) groups excluding carboxylic acids is 1. The van der Waals surface area contributed by atoms with Gasteiger partial charge >= 0.3 is 5.95 Å². The molecule has 1 aliphatic carbocycles. The second-order valence-corrected chi connectivity index (χ2v) is 3.95. The van der Waals surface area contributed by atoms with Crippen molar-refractivity contribution in [2.45, 2.75) is 32.2 Å². The highest BCUT2D eigenvalue weighted by molar-refractivity contribution is 5.80. The molecular formula is C9H12N4O3. The van der Waals surface area contributed by atoms with Gasteiger partial charge in [-0.25, -0.2) is 0 Å². The fraction of sp³-hybridized carbons (Fsp3) is 0.667. The third-order valence-corrected chi connectivity index (χ3v) is 2.82. The lowest BCUT2D eigenvalue weighted by molar-refractivity contribution is -0.394. The lowest BCUT2D eigenvalue weighted by Crippen LogP contribution is -2.18. The zero-order valence-electron chi connectivity index (χ0n) is 8.70. The van der Waals surface area contributed by atoms with Crippen LogP contribution in [0.15, 0.2) is 6.33 Å². The average Bonchev–Trinajstić information content (AvgIpc) is 2.87. The molecule has 1 aromatic heterocycles. The van der Waals surface area contributed by atoms with E-state index in [9.17, 15) is 14.9 Å². The number of hydrogen-bond donors (Lipinski definition) is 0. The van der Waals surface area contributed by atoms with Crippen molar-refractivity contribution in [3.63, 3.8) is 0 Å². The highest BCUT2D eigenvalue weighted by atomic mass is 16.6. The number of hydrogen-bond acceptors (Lipinski definition) is 5. The molecule has 0 aromatic carbocycles. The number of nitro groups is 1. The van der Waals surface area contributed by atoms with Crippen molar-refractivity contribution >= 4 is 11.7 Å². The highest BCUT2D eigenvalue weighted by Crippen LogP contribution is 2.25. The molecule has 0 radical (unpaired) electrons. The lowest BCUT2D eigenvalue weighted by Gasteiger charge is -2.04. The van der Waals surface area contributed by atoms with Crippen LogP contribution < -0.4 is 0 Å². The maximum Gasteiger partial charge on any atom is 0.490 e. The van der Waals surface area contributed by atoms with E-state index in [0.29, 0.717) is 0 Å². The molecule has 0 amide bonds. The van der Waals surface area contributed by atoms with Crippen molar-refractivity contribution in [2.75, 3.05) is 0 Å². The van der Waals surface area contributed by atoms with Crippen LogP contribution in [0.5, 0.6) is 0 Å². The van der Waals surface area contributed by atoms with E-state index in [-0.39, 0.29) is 18.2 Å². The standard InChI is InChI=1S/C9H12N4O3/c14-8(7-3-1-2-4-7)5-12-6-10-9(11-12)13(15)16/h6-7H,1-5H2. The first-order valence-corrected chi connectivity index (χ1v) is 5.23. The zero-order valence-corrected chi connectivity index (χ0v) is 8.70. The maximum absolute atomic E-state index is 11.7. The molecule has 1 saturated carbocycles. The van der Waals surface area contributed by atoms with Gasteiger partial charge in [0, 0.05) is 11.0 Å². The van der Waals surface area contributed by atoms with Gasteiger partial charge in [0.1, 0.15) is 6.54 Å². The van der Waals surface area contributed by atoms with Gasteiger partial charge < -0.3 is 10.1 Å². The van der Waals surface area contributed by atoms with Crippen LogP contribution in [-0.2, 0) is 11.3 Å². The second-order valence-electron chi connectivity index (χ2n) is 3.95. The monoisotopic (exact) mass is 224 g/mol. The average molecular weight is 224 g/mol. The molecule has 0 atom stereocenters. The largest absolute Gasteiger partial charge is 0.490 e. The molecule has 0 aliphatic heterocycles. The first kappa shape index (κ1) is 10.7. The Morgan fingerprint density at radius 3 is 2.81 bits per heavy atom. The van der Waals surface area contributed by atoms with Gasteiger partial charge in [-0.05, 0) is 17.8 Å². The molecule has 7 heteroatoms. The summed E-state index contributed by atoms with van der Waals surface area (Å²) in [6.07, 6.45) is 5.26. The molecule has 0 unspecified atom stereocenters. The molecule has 0 bridgehead atoms. The smallest absolute Gasteiger partial charge is 0.390 e. The number of nitrogens with zero attached hydrogens (tertiary/aromatic N) is 4. The Hall–Kier alpha value is -1.79. The Bertz CT molecular complexity index is 409. The predicted molar refractivity (Wildman–Crippen MR) is 53.6 cm³/mol. The van der Waals surface area contributed by atoms with E-state index < -0.39 is 10.9 Å². The van der Waals surface area contributed by atoms with Crippen LogP contribution in [0.1, 0.15) is 25.7 Å². The first-order valence-electron chi connectivity index (χ1n) is 5.23. The Balaban J connectivity index is 1.97. The summed E-state index contributed by atoms with van der Waals surface area (Å²) in [6, 6.07) is 0. The third-order valence-electron chi connectivity index (χ3n) is 2.82. The summed E-state index contributed by atoms with van der Waals surface area (Å²) in [5.74, 6) is -0.264. The van der Waals surface area contributed by atoms with Gasteiger partial charge in [0.05, 0.1) is 0 Å². The van der Waals surface area contributed by atoms with Crippen LogP contribution in [0.3, 0.4) is 0 Å². The molecule has 0 N–H and O–H groups in total. The quantitative estimate of drug-likeness (QED) is 0.560. The molecule has 0 saturated heterocycles. The topological polar surface area (TPSA) is 90.9 Å². The number of aromatic nitrogens is 3. The summed E-state index contributed by atoms with van der Waals surface area (Å²) in [5.41, 5.74) is 0. The Morgan fingerprint density at radius 2 is 2.25 bits per heavy atom. The van der Waals surface area contributed by atoms with E-state index in [1.165, 1.54) is 11.0 Å². The van der Waals surface area contributed by atoms with Crippen molar-refractivity contribution in [1.29, 1.82) is 0 Å². The molecular weight excluding hydrogens is 212 g/mol. The van der Waals surface area contributed by atoms with Gasteiger partial charge in [-0.2, -0.15) is 4.68 Å². The van der Waals surface area contributed by atoms with Gasteiger partial charge in [-0.15, -0.1) is 0 Å². The normalized spacial score (nSPS) is 16.5. The second kappa shape index (κ2) is 4.38. The summed E-state index contributed by atoms with van der Waals surface area (Å²) in [6.45, 7) is 0.0888. The minimum Gasteiger partial charge on any atom is -0.390 e. The van der Waals surface area contributed by atoms with Gasteiger partial charge in [-0.3, -0.25) is 4.79 Å². The molecule has 1 aliphatic rings. The molecule has 2 rings (SSSR count). The summed E-state index contributed by atoms with van der Waals surface area (Å²) < 4.78 is 1.23. The van der Waals surface area contributed by atoms with Crippen LogP contribution in [0.2, 0.25) is 0 Å². The van der Waals surface area contributed by atoms with Gasteiger partial charge in [0.2, 0.25) is 6.33 Å². The highest BCUT2D eigenvalue weighted by Gasteiger charge is 2.24. The van der Waals surface area contributed by atoms with E-state index in [1.54, 1.807) is 0 Å². The maximum atomic E-state index is 11.7. The van der Waals surface area contributed by atoms with E-state index in [4.69, 9.17) is 0 Å². The number of rotatable bonds is 4. The lowest BCUT2D eigenvalue weighted by atomic mass is 10.0. The van der Waals surface area contributed by atoms with Gasteiger partial charge in [0.15, 0.2) is 5.78 Å². The summed E-state index contributed by atoms with van der Waals surface area (Å²) >= 11 is 0. The molecule has 1 aromatic rings. The third kappa shape index (κ3) is 2.23. The van der Waals surface area contributed by atoms with Crippen molar-refractivity contribution in [2.24, 2.45) is 5.92 Å².